The minimum Gasteiger partial charge on any atom is -0.313 e. The molecule has 0 aliphatic rings. The minimum absolute atomic E-state index is 0.234. The zero-order chi connectivity index (χ0) is 15.4. The largest absolute Gasteiger partial charge is 0.313 e. The maximum absolute atomic E-state index is 4.43. The van der Waals surface area contributed by atoms with Crippen molar-refractivity contribution in [3.05, 3.63) is 46.0 Å². The Labute approximate surface area is 135 Å². The van der Waals surface area contributed by atoms with Gasteiger partial charge in [-0.15, -0.1) is 0 Å². The van der Waals surface area contributed by atoms with Crippen LogP contribution in [0.2, 0.25) is 0 Å². The molecule has 0 saturated carbocycles. The number of halogens is 1. The molecule has 0 fully saturated rings. The van der Waals surface area contributed by atoms with Gasteiger partial charge in [-0.25, -0.2) is 9.67 Å². The molecule has 5 heteroatoms. The summed E-state index contributed by atoms with van der Waals surface area (Å²) < 4.78 is 3.12. The zero-order valence-electron chi connectivity index (χ0n) is 13.1. The number of hydrogen-bond donors (Lipinski definition) is 1. The summed E-state index contributed by atoms with van der Waals surface area (Å²) in [7, 11) is 1.99. The molecule has 1 aromatic heterocycles. The van der Waals surface area contributed by atoms with Crippen molar-refractivity contribution in [2.45, 2.75) is 39.8 Å². The number of rotatable bonds is 6. The lowest BCUT2D eigenvalue weighted by Crippen LogP contribution is -2.22. The predicted octanol–water partition coefficient (Wildman–Crippen LogP) is 3.51. The van der Waals surface area contributed by atoms with E-state index in [9.17, 15) is 0 Å². The van der Waals surface area contributed by atoms with Gasteiger partial charge in [0.05, 0.1) is 0 Å². The summed E-state index contributed by atoms with van der Waals surface area (Å²) in [5, 5.41) is 7.75. The first kappa shape index (κ1) is 16.2. The molecule has 114 valence electrons. The third kappa shape index (κ3) is 4.14. The van der Waals surface area contributed by atoms with E-state index < -0.39 is 0 Å². The molecule has 4 nitrogen and oxygen atoms in total. The van der Waals surface area contributed by atoms with Gasteiger partial charge in [-0.3, -0.25) is 0 Å². The van der Waals surface area contributed by atoms with Crippen molar-refractivity contribution in [1.29, 1.82) is 0 Å². The fraction of sp³-hybridized carbons (Fsp3) is 0.500. The minimum atomic E-state index is 0.234. The summed E-state index contributed by atoms with van der Waals surface area (Å²) in [6.07, 6.45) is 2.48. The Balaban J connectivity index is 2.23. The first-order valence-electron chi connectivity index (χ1n) is 7.31. The number of nitrogens with one attached hydrogen (secondary N) is 1. The number of hydrogen-bond acceptors (Lipinski definition) is 3. The summed E-state index contributed by atoms with van der Waals surface area (Å²) in [5.41, 5.74) is 2.58. The van der Waals surface area contributed by atoms with Crippen molar-refractivity contribution in [3.63, 3.8) is 0 Å². The lowest BCUT2D eigenvalue weighted by molar-refractivity contribution is 0.451. The van der Waals surface area contributed by atoms with Crippen LogP contribution in [0, 0.1) is 12.8 Å². The van der Waals surface area contributed by atoms with Crippen LogP contribution in [0.4, 0.5) is 0 Å². The second-order valence-electron chi connectivity index (χ2n) is 5.80. The van der Waals surface area contributed by atoms with Crippen LogP contribution < -0.4 is 5.32 Å². The Hall–Kier alpha value is -1.20. The monoisotopic (exact) mass is 350 g/mol. The van der Waals surface area contributed by atoms with E-state index in [2.05, 4.69) is 70.3 Å². The van der Waals surface area contributed by atoms with Crippen molar-refractivity contribution in [2.24, 2.45) is 5.92 Å². The summed E-state index contributed by atoms with van der Waals surface area (Å²) in [4.78, 5) is 4.43. The highest BCUT2D eigenvalue weighted by molar-refractivity contribution is 9.10. The van der Waals surface area contributed by atoms with Gasteiger partial charge in [0.25, 0.3) is 0 Å². The molecule has 0 amide bonds. The molecule has 0 radical (unpaired) electrons. The molecule has 0 spiro atoms. The van der Waals surface area contributed by atoms with Crippen LogP contribution in [0.25, 0.3) is 0 Å². The Morgan fingerprint density at radius 3 is 2.76 bits per heavy atom. The number of likely N-dealkylation sites (N-methyl/N-ethyl adjacent to an activating group) is 1. The van der Waals surface area contributed by atoms with Crippen molar-refractivity contribution < 1.29 is 0 Å². The van der Waals surface area contributed by atoms with Crippen molar-refractivity contribution in [1.82, 2.24) is 20.1 Å². The van der Waals surface area contributed by atoms with Crippen LogP contribution in [0.3, 0.4) is 0 Å². The van der Waals surface area contributed by atoms with Gasteiger partial charge in [0, 0.05) is 23.5 Å². The second kappa shape index (κ2) is 7.18. The molecular weight excluding hydrogens is 328 g/mol. The highest BCUT2D eigenvalue weighted by atomic mass is 79.9. The van der Waals surface area contributed by atoms with Crippen LogP contribution in [0.15, 0.2) is 29.0 Å². The molecule has 1 aromatic carbocycles. The predicted molar refractivity (Wildman–Crippen MR) is 89.2 cm³/mol. The molecule has 21 heavy (non-hydrogen) atoms. The number of benzene rings is 1. The van der Waals surface area contributed by atoms with Crippen LogP contribution in [-0.2, 0) is 13.0 Å². The Kier molecular flexibility index (Phi) is 5.53. The van der Waals surface area contributed by atoms with Crippen molar-refractivity contribution >= 4 is 15.9 Å². The molecular formula is C16H23BrN4. The molecule has 0 aliphatic heterocycles. The van der Waals surface area contributed by atoms with Gasteiger partial charge in [0.15, 0.2) is 0 Å². The molecule has 1 heterocycles. The maximum atomic E-state index is 4.43. The number of aromatic nitrogens is 3. The topological polar surface area (TPSA) is 42.7 Å². The van der Waals surface area contributed by atoms with Crippen molar-refractivity contribution in [3.8, 4) is 0 Å². The Morgan fingerprint density at radius 1 is 1.33 bits per heavy atom. The van der Waals surface area contributed by atoms with Gasteiger partial charge < -0.3 is 5.32 Å². The van der Waals surface area contributed by atoms with Crippen LogP contribution in [0.1, 0.15) is 36.8 Å². The zero-order valence-corrected chi connectivity index (χ0v) is 14.7. The van der Waals surface area contributed by atoms with E-state index in [1.165, 1.54) is 11.1 Å². The van der Waals surface area contributed by atoms with Gasteiger partial charge in [-0.1, -0.05) is 35.8 Å². The molecule has 1 atom stereocenters. The lowest BCUT2D eigenvalue weighted by atomic mass is 9.98. The quantitative estimate of drug-likeness (QED) is 0.866. The average Bonchev–Trinajstić information content (AvgIpc) is 2.85. The molecule has 1 N–H and O–H groups in total. The average molecular weight is 351 g/mol. The van der Waals surface area contributed by atoms with E-state index >= 15 is 0 Å². The SMILES string of the molecule is CNC(Cc1ncnn1CC(C)C)c1cc(Br)ccc1C. The van der Waals surface area contributed by atoms with E-state index in [1.807, 2.05) is 11.7 Å². The van der Waals surface area contributed by atoms with E-state index in [1.54, 1.807) is 6.33 Å². The van der Waals surface area contributed by atoms with E-state index in [0.29, 0.717) is 5.92 Å². The third-order valence-electron chi connectivity index (χ3n) is 3.59. The van der Waals surface area contributed by atoms with Crippen LogP contribution >= 0.6 is 15.9 Å². The molecule has 0 bridgehead atoms. The highest BCUT2D eigenvalue weighted by Gasteiger charge is 2.17. The molecule has 1 unspecified atom stereocenters. The first-order valence-corrected chi connectivity index (χ1v) is 8.10. The summed E-state index contributed by atoms with van der Waals surface area (Å²) in [5.74, 6) is 1.59. The number of nitrogens with zero attached hydrogens (tertiary/aromatic N) is 3. The van der Waals surface area contributed by atoms with Crippen LogP contribution in [-0.4, -0.2) is 21.8 Å². The standard InChI is InChI=1S/C16H23BrN4/c1-11(2)9-21-16(19-10-20-21)8-15(18-4)14-7-13(17)6-5-12(14)3/h5-7,10-11,15,18H,8-9H2,1-4H3. The normalized spacial score (nSPS) is 12.9. The van der Waals surface area contributed by atoms with E-state index in [4.69, 9.17) is 0 Å². The fourth-order valence-electron chi connectivity index (χ4n) is 2.48. The fourth-order valence-corrected chi connectivity index (χ4v) is 2.86. The van der Waals surface area contributed by atoms with Gasteiger partial charge in [-0.05, 0) is 43.1 Å². The Bertz CT molecular complexity index is 592. The van der Waals surface area contributed by atoms with Gasteiger partial charge in [0.1, 0.15) is 12.2 Å². The summed E-state index contributed by atoms with van der Waals surface area (Å²) in [6.45, 7) is 7.44. The number of aryl methyl sites for hydroxylation is 1. The van der Waals surface area contributed by atoms with Gasteiger partial charge >= 0.3 is 0 Å². The highest BCUT2D eigenvalue weighted by Crippen LogP contribution is 2.24. The van der Waals surface area contributed by atoms with Crippen molar-refractivity contribution in [2.75, 3.05) is 7.05 Å². The second-order valence-corrected chi connectivity index (χ2v) is 6.71. The summed E-state index contributed by atoms with van der Waals surface area (Å²) >= 11 is 3.56. The van der Waals surface area contributed by atoms with Gasteiger partial charge in [0.2, 0.25) is 0 Å². The third-order valence-corrected chi connectivity index (χ3v) is 4.08. The first-order chi connectivity index (χ1) is 10.0. The smallest absolute Gasteiger partial charge is 0.138 e. The maximum Gasteiger partial charge on any atom is 0.138 e. The summed E-state index contributed by atoms with van der Waals surface area (Å²) in [6, 6.07) is 6.63. The van der Waals surface area contributed by atoms with Crippen LogP contribution in [0.5, 0.6) is 0 Å². The Morgan fingerprint density at radius 2 is 2.10 bits per heavy atom. The van der Waals surface area contributed by atoms with Gasteiger partial charge in [-0.2, -0.15) is 5.10 Å². The molecule has 0 aliphatic carbocycles. The van der Waals surface area contributed by atoms with E-state index in [0.717, 1.165) is 23.3 Å². The van der Waals surface area contributed by atoms with E-state index in [-0.39, 0.29) is 6.04 Å². The lowest BCUT2D eigenvalue weighted by Gasteiger charge is -2.19. The molecule has 0 saturated heterocycles. The molecule has 2 rings (SSSR count). The molecule has 2 aromatic rings.